The van der Waals surface area contributed by atoms with Crippen molar-refractivity contribution in [1.29, 1.82) is 0 Å². The molecule has 1 atom stereocenters. The molecule has 0 radical (unpaired) electrons. The number of phenols is 2. The van der Waals surface area contributed by atoms with Crippen LogP contribution in [0.25, 0.3) is 11.1 Å². The SMILES string of the molecule is COc1c(O)c2c3c(c1OC)-c1ccc(O)cc1C[C@@H]3NCC2. The molecular weight excluding hydrogens is 294 g/mol. The minimum atomic E-state index is 0.105. The van der Waals surface area contributed by atoms with Crippen LogP contribution < -0.4 is 14.8 Å². The van der Waals surface area contributed by atoms with Crippen LogP contribution in [0.5, 0.6) is 23.0 Å². The van der Waals surface area contributed by atoms with Crippen LogP contribution in [-0.4, -0.2) is 31.0 Å². The summed E-state index contributed by atoms with van der Waals surface area (Å²) in [5.74, 6) is 1.36. The van der Waals surface area contributed by atoms with E-state index in [0.29, 0.717) is 11.5 Å². The van der Waals surface area contributed by atoms with Crippen LogP contribution in [0.1, 0.15) is 22.7 Å². The van der Waals surface area contributed by atoms with E-state index < -0.39 is 0 Å². The molecule has 2 aliphatic rings. The molecule has 5 heteroatoms. The largest absolute Gasteiger partial charge is 0.508 e. The summed E-state index contributed by atoms with van der Waals surface area (Å²) in [5.41, 5.74) is 5.06. The van der Waals surface area contributed by atoms with Gasteiger partial charge >= 0.3 is 0 Å². The Bertz CT molecular complexity index is 800. The number of hydrogen-bond donors (Lipinski definition) is 3. The molecule has 0 saturated carbocycles. The summed E-state index contributed by atoms with van der Waals surface area (Å²) in [6.07, 6.45) is 1.52. The third-order valence-corrected chi connectivity index (χ3v) is 4.83. The third kappa shape index (κ3) is 1.90. The second-order valence-corrected chi connectivity index (χ2v) is 5.98. The average molecular weight is 313 g/mol. The maximum Gasteiger partial charge on any atom is 0.204 e. The van der Waals surface area contributed by atoms with E-state index in [0.717, 1.165) is 47.2 Å². The number of benzene rings is 2. The molecule has 3 N–H and O–H groups in total. The molecule has 0 saturated heterocycles. The number of nitrogens with one attached hydrogen (secondary N) is 1. The second-order valence-electron chi connectivity index (χ2n) is 5.98. The van der Waals surface area contributed by atoms with E-state index in [1.807, 2.05) is 6.07 Å². The molecule has 0 spiro atoms. The Morgan fingerprint density at radius 2 is 1.91 bits per heavy atom. The predicted octanol–water partition coefficient (Wildman–Crippen LogP) is 2.52. The molecular formula is C18H19NO4. The molecule has 2 aromatic carbocycles. The first-order valence-electron chi connectivity index (χ1n) is 7.71. The summed E-state index contributed by atoms with van der Waals surface area (Å²) in [4.78, 5) is 0. The van der Waals surface area contributed by atoms with Crippen molar-refractivity contribution in [2.24, 2.45) is 0 Å². The molecule has 0 amide bonds. The Labute approximate surface area is 134 Å². The van der Waals surface area contributed by atoms with E-state index in [4.69, 9.17) is 9.47 Å². The third-order valence-electron chi connectivity index (χ3n) is 4.83. The summed E-state index contributed by atoms with van der Waals surface area (Å²) < 4.78 is 11.0. The minimum Gasteiger partial charge on any atom is -0.508 e. The van der Waals surface area contributed by atoms with Gasteiger partial charge in [0.15, 0.2) is 11.5 Å². The number of methoxy groups -OCH3 is 2. The molecule has 1 aliphatic heterocycles. The van der Waals surface area contributed by atoms with Gasteiger partial charge in [-0.25, -0.2) is 0 Å². The van der Waals surface area contributed by atoms with Crippen molar-refractivity contribution < 1.29 is 19.7 Å². The Balaban J connectivity index is 2.12. The summed E-state index contributed by atoms with van der Waals surface area (Å²) in [6, 6.07) is 5.49. The first-order chi connectivity index (χ1) is 11.2. The fraction of sp³-hybridized carbons (Fsp3) is 0.333. The zero-order valence-electron chi connectivity index (χ0n) is 13.1. The first kappa shape index (κ1) is 14.2. The fourth-order valence-electron chi connectivity index (χ4n) is 3.91. The van der Waals surface area contributed by atoms with Gasteiger partial charge in [-0.05, 0) is 48.2 Å². The monoisotopic (exact) mass is 313 g/mol. The van der Waals surface area contributed by atoms with Crippen LogP contribution in [0.15, 0.2) is 18.2 Å². The molecule has 0 bridgehead atoms. The molecule has 120 valence electrons. The van der Waals surface area contributed by atoms with Crippen LogP contribution in [0.2, 0.25) is 0 Å². The van der Waals surface area contributed by atoms with Crippen molar-refractivity contribution in [1.82, 2.24) is 5.32 Å². The highest BCUT2D eigenvalue weighted by atomic mass is 16.5. The molecule has 0 aromatic heterocycles. The Morgan fingerprint density at radius 3 is 2.65 bits per heavy atom. The lowest BCUT2D eigenvalue weighted by Gasteiger charge is -2.36. The lowest BCUT2D eigenvalue weighted by molar-refractivity contribution is 0.328. The molecule has 1 aliphatic carbocycles. The molecule has 0 unspecified atom stereocenters. The number of hydrogen-bond acceptors (Lipinski definition) is 5. The normalized spacial score (nSPS) is 18.1. The average Bonchev–Trinajstić information content (AvgIpc) is 2.56. The van der Waals surface area contributed by atoms with Crippen molar-refractivity contribution in [3.8, 4) is 34.1 Å². The maximum absolute atomic E-state index is 10.6. The van der Waals surface area contributed by atoms with Crippen LogP contribution in [0.4, 0.5) is 0 Å². The van der Waals surface area contributed by atoms with Gasteiger partial charge in [-0.2, -0.15) is 0 Å². The topological polar surface area (TPSA) is 71.0 Å². The molecule has 1 heterocycles. The van der Waals surface area contributed by atoms with Gasteiger partial charge in [-0.3, -0.25) is 0 Å². The van der Waals surface area contributed by atoms with Gasteiger partial charge in [-0.1, -0.05) is 6.07 Å². The Morgan fingerprint density at radius 1 is 1.13 bits per heavy atom. The molecule has 4 rings (SSSR count). The molecule has 2 aromatic rings. The van der Waals surface area contributed by atoms with Gasteiger partial charge in [0, 0.05) is 17.2 Å². The van der Waals surface area contributed by atoms with Gasteiger partial charge in [0.05, 0.1) is 14.2 Å². The maximum atomic E-state index is 10.6. The van der Waals surface area contributed by atoms with Gasteiger partial charge in [0.25, 0.3) is 0 Å². The lowest BCUT2D eigenvalue weighted by atomic mass is 9.77. The van der Waals surface area contributed by atoms with E-state index in [-0.39, 0.29) is 17.5 Å². The number of rotatable bonds is 2. The molecule has 23 heavy (non-hydrogen) atoms. The first-order valence-corrected chi connectivity index (χ1v) is 7.71. The van der Waals surface area contributed by atoms with E-state index >= 15 is 0 Å². The standard InChI is InChI=1S/C18H19NO4/c1-22-17-15-11-4-3-10(20)7-9(11)8-13-14(15)12(5-6-19-13)16(21)18(17)23-2/h3-4,7,13,19-21H,5-6,8H2,1-2H3/t13-/m0/s1. The van der Waals surface area contributed by atoms with Gasteiger partial charge < -0.3 is 25.0 Å². The highest BCUT2D eigenvalue weighted by Gasteiger charge is 2.36. The van der Waals surface area contributed by atoms with E-state index in [1.165, 1.54) is 7.11 Å². The van der Waals surface area contributed by atoms with Gasteiger partial charge in [-0.15, -0.1) is 0 Å². The number of aromatic hydroxyl groups is 2. The minimum absolute atomic E-state index is 0.105. The van der Waals surface area contributed by atoms with E-state index in [1.54, 1.807) is 19.2 Å². The highest BCUT2D eigenvalue weighted by molar-refractivity contribution is 5.86. The summed E-state index contributed by atoms with van der Waals surface area (Å²) in [5, 5.41) is 24.0. The smallest absolute Gasteiger partial charge is 0.204 e. The van der Waals surface area contributed by atoms with E-state index in [2.05, 4.69) is 5.32 Å². The Kier molecular flexibility index (Phi) is 3.13. The summed E-state index contributed by atoms with van der Waals surface area (Å²) >= 11 is 0. The summed E-state index contributed by atoms with van der Waals surface area (Å²) in [6.45, 7) is 0.800. The van der Waals surface area contributed by atoms with Crippen molar-refractivity contribution in [3.05, 3.63) is 34.9 Å². The second kappa shape index (κ2) is 5.06. The van der Waals surface area contributed by atoms with Crippen LogP contribution >= 0.6 is 0 Å². The zero-order valence-corrected chi connectivity index (χ0v) is 13.1. The molecule has 5 nitrogen and oxygen atoms in total. The highest BCUT2D eigenvalue weighted by Crippen LogP contribution is 2.55. The van der Waals surface area contributed by atoms with Crippen molar-refractivity contribution in [2.45, 2.75) is 18.9 Å². The number of phenolic OH excluding ortho intramolecular Hbond substituents is 2. The Hall–Kier alpha value is -2.40. The zero-order chi connectivity index (χ0) is 16.1. The van der Waals surface area contributed by atoms with Crippen molar-refractivity contribution in [2.75, 3.05) is 20.8 Å². The lowest BCUT2D eigenvalue weighted by Crippen LogP contribution is -2.34. The summed E-state index contributed by atoms with van der Waals surface area (Å²) in [7, 11) is 3.12. The number of fused-ring (bicyclic) bond motifs is 2. The fourth-order valence-corrected chi connectivity index (χ4v) is 3.91. The predicted molar refractivity (Wildman–Crippen MR) is 86.5 cm³/mol. The van der Waals surface area contributed by atoms with Gasteiger partial charge in [0.1, 0.15) is 5.75 Å². The number of ether oxygens (including phenoxy) is 2. The van der Waals surface area contributed by atoms with Crippen molar-refractivity contribution >= 4 is 0 Å². The van der Waals surface area contributed by atoms with Crippen LogP contribution in [0, 0.1) is 0 Å². The van der Waals surface area contributed by atoms with Crippen LogP contribution in [0.3, 0.4) is 0 Å². The van der Waals surface area contributed by atoms with Gasteiger partial charge in [0.2, 0.25) is 5.75 Å². The van der Waals surface area contributed by atoms with E-state index in [9.17, 15) is 10.2 Å². The van der Waals surface area contributed by atoms with Crippen LogP contribution in [-0.2, 0) is 12.8 Å². The van der Waals surface area contributed by atoms with Crippen molar-refractivity contribution in [3.63, 3.8) is 0 Å². The quantitative estimate of drug-likeness (QED) is 0.795. The molecule has 0 fully saturated rings.